The minimum absolute atomic E-state index is 0.204. The zero-order valence-electron chi connectivity index (χ0n) is 18.9. The molecule has 0 saturated carbocycles. The number of aromatic nitrogens is 3. The second kappa shape index (κ2) is 10.3. The highest BCUT2D eigenvalue weighted by atomic mass is 19.1. The quantitative estimate of drug-likeness (QED) is 0.386. The molecule has 1 aliphatic rings. The van der Waals surface area contributed by atoms with Crippen molar-refractivity contribution in [1.29, 1.82) is 0 Å². The summed E-state index contributed by atoms with van der Waals surface area (Å²) in [6.07, 6.45) is 3.66. The van der Waals surface area contributed by atoms with Crippen LogP contribution in [0.2, 0.25) is 0 Å². The van der Waals surface area contributed by atoms with Gasteiger partial charge < -0.3 is 20.8 Å². The van der Waals surface area contributed by atoms with Crippen molar-refractivity contribution in [3.05, 3.63) is 82.0 Å². The Bertz CT molecular complexity index is 1410. The van der Waals surface area contributed by atoms with Gasteiger partial charge in [-0.1, -0.05) is 6.07 Å². The molecule has 0 aliphatic carbocycles. The molecule has 0 spiro atoms. The number of nitrogens with one attached hydrogen (secondary N) is 2. The van der Waals surface area contributed by atoms with Crippen molar-refractivity contribution in [2.75, 3.05) is 19.4 Å². The Kier molecular flexibility index (Phi) is 7.00. The summed E-state index contributed by atoms with van der Waals surface area (Å²) in [6, 6.07) is 9.80. The first-order valence-electron chi connectivity index (χ1n) is 10.9. The summed E-state index contributed by atoms with van der Waals surface area (Å²) >= 11 is 0. The van der Waals surface area contributed by atoms with Crippen LogP contribution in [0.3, 0.4) is 0 Å². The lowest BCUT2D eigenvalue weighted by Crippen LogP contribution is -2.13. The summed E-state index contributed by atoms with van der Waals surface area (Å²) in [5, 5.41) is 3.06. The van der Waals surface area contributed by atoms with Crippen LogP contribution in [-0.2, 0) is 11.2 Å². The molecule has 1 aliphatic heterocycles. The monoisotopic (exact) mass is 479 g/mol. The number of hydrogen-bond donors (Lipinski definition) is 3. The van der Waals surface area contributed by atoms with Gasteiger partial charge in [0.2, 0.25) is 5.91 Å². The molecule has 10 heteroatoms. The molecule has 0 unspecified atom stereocenters. The number of pyridine rings is 1. The molecule has 4 N–H and O–H groups in total. The average Bonchev–Trinajstić information content (AvgIpc) is 3.30. The Labute approximate surface area is 199 Å². The maximum absolute atomic E-state index is 13.4. The SMILES string of the molecule is COc1cc2c(=O)[nH]c(Cc3ccc(-c4cc(F)cc(F)c4)nc3)nc2cc1N.O=C1CCCN1. The number of anilines is 1. The Morgan fingerprint density at radius 3 is 2.43 bits per heavy atom. The van der Waals surface area contributed by atoms with Gasteiger partial charge in [0.05, 0.1) is 29.4 Å². The number of rotatable bonds is 4. The van der Waals surface area contributed by atoms with E-state index in [4.69, 9.17) is 10.5 Å². The van der Waals surface area contributed by atoms with E-state index < -0.39 is 11.6 Å². The number of nitrogens with two attached hydrogens (primary N) is 1. The third kappa shape index (κ3) is 5.78. The number of benzene rings is 2. The Morgan fingerprint density at radius 2 is 1.86 bits per heavy atom. The molecule has 2 aromatic heterocycles. The molecule has 5 rings (SSSR count). The van der Waals surface area contributed by atoms with E-state index in [-0.39, 0.29) is 11.5 Å². The zero-order valence-corrected chi connectivity index (χ0v) is 18.9. The molecule has 0 radical (unpaired) electrons. The number of aromatic amines is 1. The lowest BCUT2D eigenvalue weighted by atomic mass is 10.1. The van der Waals surface area contributed by atoms with Crippen LogP contribution in [0.15, 0.2) is 53.5 Å². The molecule has 4 aromatic rings. The second-order valence-corrected chi connectivity index (χ2v) is 7.96. The smallest absolute Gasteiger partial charge is 0.258 e. The minimum Gasteiger partial charge on any atom is -0.495 e. The molecule has 0 bridgehead atoms. The van der Waals surface area contributed by atoms with Gasteiger partial charge in [-0.3, -0.25) is 14.6 Å². The van der Waals surface area contributed by atoms with Crippen molar-refractivity contribution in [2.24, 2.45) is 0 Å². The highest BCUT2D eigenvalue weighted by Crippen LogP contribution is 2.25. The van der Waals surface area contributed by atoms with Crippen LogP contribution < -0.4 is 21.3 Å². The van der Waals surface area contributed by atoms with Crippen molar-refractivity contribution in [2.45, 2.75) is 19.3 Å². The van der Waals surface area contributed by atoms with Gasteiger partial charge in [0.25, 0.3) is 5.56 Å². The van der Waals surface area contributed by atoms with Crippen molar-refractivity contribution in [3.63, 3.8) is 0 Å². The van der Waals surface area contributed by atoms with Gasteiger partial charge >= 0.3 is 0 Å². The van der Waals surface area contributed by atoms with E-state index in [0.29, 0.717) is 45.8 Å². The number of hydrogen-bond acceptors (Lipinski definition) is 6. The number of carbonyl (C=O) groups is 1. The summed E-state index contributed by atoms with van der Waals surface area (Å²) < 4.78 is 31.9. The van der Waals surface area contributed by atoms with E-state index in [2.05, 4.69) is 20.3 Å². The van der Waals surface area contributed by atoms with E-state index in [0.717, 1.165) is 31.0 Å². The van der Waals surface area contributed by atoms with Gasteiger partial charge in [0.1, 0.15) is 23.2 Å². The largest absolute Gasteiger partial charge is 0.495 e. The van der Waals surface area contributed by atoms with Crippen molar-refractivity contribution in [1.82, 2.24) is 20.3 Å². The first-order chi connectivity index (χ1) is 16.8. The van der Waals surface area contributed by atoms with Gasteiger partial charge in [-0.25, -0.2) is 13.8 Å². The third-order valence-electron chi connectivity index (χ3n) is 5.36. The number of methoxy groups -OCH3 is 1. The van der Waals surface area contributed by atoms with Gasteiger partial charge in [0, 0.05) is 37.2 Å². The summed E-state index contributed by atoms with van der Waals surface area (Å²) in [5.41, 5.74) is 8.00. The number of amides is 1. The van der Waals surface area contributed by atoms with Crippen LogP contribution in [0.1, 0.15) is 24.2 Å². The van der Waals surface area contributed by atoms with Crippen LogP contribution >= 0.6 is 0 Å². The molecule has 2 aromatic carbocycles. The Hall–Kier alpha value is -4.34. The topological polar surface area (TPSA) is 123 Å². The molecule has 1 amide bonds. The van der Waals surface area contributed by atoms with E-state index in [9.17, 15) is 18.4 Å². The van der Waals surface area contributed by atoms with E-state index in [1.807, 2.05) is 0 Å². The number of nitrogens with zero attached hydrogens (tertiary/aromatic N) is 2. The van der Waals surface area contributed by atoms with Crippen LogP contribution in [0.5, 0.6) is 5.75 Å². The number of fused-ring (bicyclic) bond motifs is 1. The highest BCUT2D eigenvalue weighted by Gasteiger charge is 2.10. The summed E-state index contributed by atoms with van der Waals surface area (Å²) in [5.74, 6) is -0.279. The number of nitrogen functional groups attached to an aromatic ring is 1. The molecule has 35 heavy (non-hydrogen) atoms. The molecule has 180 valence electrons. The van der Waals surface area contributed by atoms with E-state index in [1.165, 1.54) is 19.2 Å². The average molecular weight is 479 g/mol. The molecule has 8 nitrogen and oxygen atoms in total. The Balaban J connectivity index is 0.000000421. The number of H-pyrrole nitrogens is 1. The lowest BCUT2D eigenvalue weighted by Gasteiger charge is -2.08. The first kappa shape index (κ1) is 23.8. The predicted molar refractivity (Wildman–Crippen MR) is 128 cm³/mol. The summed E-state index contributed by atoms with van der Waals surface area (Å²) in [4.78, 5) is 34.0. The summed E-state index contributed by atoms with van der Waals surface area (Å²) in [6.45, 7) is 0.888. The number of carbonyl (C=O) groups excluding carboxylic acids is 1. The van der Waals surface area contributed by atoms with Crippen LogP contribution in [0.25, 0.3) is 22.2 Å². The number of halogens is 2. The normalized spacial score (nSPS) is 12.7. The zero-order chi connectivity index (χ0) is 24.9. The second-order valence-electron chi connectivity index (χ2n) is 7.96. The van der Waals surface area contributed by atoms with E-state index in [1.54, 1.807) is 30.5 Å². The van der Waals surface area contributed by atoms with Gasteiger partial charge in [-0.2, -0.15) is 0 Å². The lowest BCUT2D eigenvalue weighted by molar-refractivity contribution is -0.119. The fourth-order valence-corrected chi connectivity index (χ4v) is 3.65. The number of ether oxygens (including phenoxy) is 1. The van der Waals surface area contributed by atoms with Crippen LogP contribution in [0, 0.1) is 11.6 Å². The fourth-order valence-electron chi connectivity index (χ4n) is 3.65. The van der Waals surface area contributed by atoms with Crippen LogP contribution in [-0.4, -0.2) is 34.5 Å². The van der Waals surface area contributed by atoms with Crippen molar-refractivity contribution in [3.8, 4) is 17.0 Å². The molecular weight excluding hydrogens is 456 g/mol. The van der Waals surface area contributed by atoms with Gasteiger partial charge in [-0.15, -0.1) is 0 Å². The molecule has 3 heterocycles. The standard InChI is InChI=1S/C21H16F2N4O2.C4H7NO/c1-29-19-8-15-18(9-16(19)24)26-20(27-21(15)28)4-11-2-3-17(25-10-11)12-5-13(22)7-14(23)6-12;6-4-2-1-3-5-4/h2-3,5-10H,4,24H2,1H3,(H,26,27,28);1-3H2,(H,5,6). The highest BCUT2D eigenvalue weighted by molar-refractivity contribution is 5.84. The molecule has 1 fully saturated rings. The maximum Gasteiger partial charge on any atom is 0.258 e. The van der Waals surface area contributed by atoms with E-state index >= 15 is 0 Å². The summed E-state index contributed by atoms with van der Waals surface area (Å²) in [7, 11) is 1.47. The molecule has 0 atom stereocenters. The predicted octanol–water partition coefficient (Wildman–Crippen LogP) is 3.34. The molecule has 1 saturated heterocycles. The first-order valence-corrected chi connectivity index (χ1v) is 10.9. The van der Waals surface area contributed by atoms with Crippen LogP contribution in [0.4, 0.5) is 14.5 Å². The minimum atomic E-state index is -0.667. The van der Waals surface area contributed by atoms with Gasteiger partial charge in [-0.05, 0) is 42.3 Å². The van der Waals surface area contributed by atoms with Gasteiger partial charge in [0.15, 0.2) is 0 Å². The fraction of sp³-hybridized carbons (Fsp3) is 0.200. The maximum atomic E-state index is 13.4. The van der Waals surface area contributed by atoms with Crippen molar-refractivity contribution >= 4 is 22.5 Å². The molecular formula is C25H23F2N5O3. The Morgan fingerprint density at radius 1 is 1.09 bits per heavy atom. The van der Waals surface area contributed by atoms with Crippen molar-refractivity contribution < 1.29 is 18.3 Å². The third-order valence-corrected chi connectivity index (χ3v) is 5.36.